The standard InChI is InChI=1S/C8H11N5/c1-3-13-5(2)12-6-7(9)10-4-11-8(6)13/h4H,3H2,1-2H3,(H2,9,10,11). The van der Waals surface area contributed by atoms with Gasteiger partial charge < -0.3 is 10.3 Å². The van der Waals surface area contributed by atoms with Gasteiger partial charge in [0, 0.05) is 6.54 Å². The molecular formula is C8H11N5. The van der Waals surface area contributed by atoms with Gasteiger partial charge in [0.05, 0.1) is 0 Å². The highest BCUT2D eigenvalue weighted by Gasteiger charge is 2.09. The van der Waals surface area contributed by atoms with Crippen LogP contribution in [0.15, 0.2) is 6.33 Å². The maximum atomic E-state index is 5.67. The fourth-order valence-corrected chi connectivity index (χ4v) is 1.44. The highest BCUT2D eigenvalue weighted by atomic mass is 15.1. The lowest BCUT2D eigenvalue weighted by molar-refractivity contribution is 0.745. The topological polar surface area (TPSA) is 69.6 Å². The average molecular weight is 177 g/mol. The van der Waals surface area contributed by atoms with E-state index in [4.69, 9.17) is 5.73 Å². The van der Waals surface area contributed by atoms with Crippen LogP contribution in [0.4, 0.5) is 5.82 Å². The Hall–Kier alpha value is -1.65. The maximum absolute atomic E-state index is 5.67. The van der Waals surface area contributed by atoms with Crippen LogP contribution in [0.1, 0.15) is 12.7 Å². The Bertz CT molecular complexity index is 445. The van der Waals surface area contributed by atoms with E-state index in [9.17, 15) is 0 Å². The quantitative estimate of drug-likeness (QED) is 0.697. The molecule has 0 aliphatic carbocycles. The molecule has 2 heterocycles. The van der Waals surface area contributed by atoms with Gasteiger partial charge in [0.2, 0.25) is 0 Å². The number of anilines is 1. The number of aryl methyl sites for hydroxylation is 2. The van der Waals surface area contributed by atoms with E-state index in [0.717, 1.165) is 18.0 Å². The second kappa shape index (κ2) is 2.69. The third-order valence-corrected chi connectivity index (χ3v) is 2.07. The van der Waals surface area contributed by atoms with Gasteiger partial charge >= 0.3 is 0 Å². The fraction of sp³-hybridized carbons (Fsp3) is 0.375. The van der Waals surface area contributed by atoms with Crippen LogP contribution in [0.25, 0.3) is 11.2 Å². The van der Waals surface area contributed by atoms with Gasteiger partial charge in [0.15, 0.2) is 17.0 Å². The zero-order valence-electron chi connectivity index (χ0n) is 7.65. The average Bonchev–Trinajstić information content (AvgIpc) is 2.43. The monoisotopic (exact) mass is 177 g/mol. The molecule has 0 radical (unpaired) electrons. The van der Waals surface area contributed by atoms with Gasteiger partial charge in [-0.3, -0.25) is 0 Å². The number of fused-ring (bicyclic) bond motifs is 1. The molecular weight excluding hydrogens is 166 g/mol. The molecule has 0 saturated carbocycles. The van der Waals surface area contributed by atoms with Gasteiger partial charge in [0.25, 0.3) is 0 Å². The van der Waals surface area contributed by atoms with E-state index in [0.29, 0.717) is 11.3 Å². The van der Waals surface area contributed by atoms with Crippen LogP contribution in [0.5, 0.6) is 0 Å². The van der Waals surface area contributed by atoms with Crippen molar-refractivity contribution in [3.8, 4) is 0 Å². The smallest absolute Gasteiger partial charge is 0.165 e. The molecule has 2 aromatic rings. The number of nitrogens with two attached hydrogens (primary N) is 1. The van der Waals surface area contributed by atoms with E-state index in [1.165, 1.54) is 6.33 Å². The Kier molecular flexibility index (Phi) is 1.65. The minimum Gasteiger partial charge on any atom is -0.382 e. The van der Waals surface area contributed by atoms with E-state index in [2.05, 4.69) is 15.0 Å². The summed E-state index contributed by atoms with van der Waals surface area (Å²) < 4.78 is 2.01. The molecule has 0 atom stereocenters. The summed E-state index contributed by atoms with van der Waals surface area (Å²) in [7, 11) is 0. The van der Waals surface area contributed by atoms with Crippen molar-refractivity contribution in [3.05, 3.63) is 12.2 Å². The van der Waals surface area contributed by atoms with Gasteiger partial charge in [0.1, 0.15) is 12.2 Å². The Balaban J connectivity index is 2.86. The Labute approximate surface area is 75.6 Å². The van der Waals surface area contributed by atoms with Gasteiger partial charge in [-0.1, -0.05) is 0 Å². The van der Waals surface area contributed by atoms with Crippen molar-refractivity contribution in [1.82, 2.24) is 19.5 Å². The van der Waals surface area contributed by atoms with Crippen molar-refractivity contribution in [1.29, 1.82) is 0 Å². The van der Waals surface area contributed by atoms with Crippen LogP contribution in [0, 0.1) is 6.92 Å². The predicted molar refractivity (Wildman–Crippen MR) is 50.1 cm³/mol. The fourth-order valence-electron chi connectivity index (χ4n) is 1.44. The van der Waals surface area contributed by atoms with Crippen molar-refractivity contribution < 1.29 is 0 Å². The molecule has 0 spiro atoms. The maximum Gasteiger partial charge on any atom is 0.165 e. The van der Waals surface area contributed by atoms with Crippen LogP contribution in [0.2, 0.25) is 0 Å². The lowest BCUT2D eigenvalue weighted by atomic mass is 10.5. The summed E-state index contributed by atoms with van der Waals surface area (Å²) in [5.74, 6) is 1.37. The van der Waals surface area contributed by atoms with Crippen LogP contribution >= 0.6 is 0 Å². The lowest BCUT2D eigenvalue weighted by Gasteiger charge is -1.99. The Morgan fingerprint density at radius 3 is 2.92 bits per heavy atom. The molecule has 0 aliphatic rings. The number of imidazole rings is 1. The largest absolute Gasteiger partial charge is 0.382 e. The summed E-state index contributed by atoms with van der Waals surface area (Å²) in [6, 6.07) is 0. The Morgan fingerprint density at radius 2 is 2.23 bits per heavy atom. The van der Waals surface area contributed by atoms with Crippen molar-refractivity contribution in [2.75, 3.05) is 5.73 Å². The van der Waals surface area contributed by atoms with E-state index >= 15 is 0 Å². The normalized spacial score (nSPS) is 10.9. The molecule has 5 nitrogen and oxygen atoms in total. The molecule has 0 saturated heterocycles. The van der Waals surface area contributed by atoms with Crippen LogP contribution < -0.4 is 5.73 Å². The van der Waals surface area contributed by atoms with Crippen LogP contribution in [0.3, 0.4) is 0 Å². The summed E-state index contributed by atoms with van der Waals surface area (Å²) in [5.41, 5.74) is 7.17. The van der Waals surface area contributed by atoms with Gasteiger partial charge in [-0.05, 0) is 13.8 Å². The van der Waals surface area contributed by atoms with Crippen molar-refractivity contribution in [2.24, 2.45) is 0 Å². The van der Waals surface area contributed by atoms with Crippen LogP contribution in [-0.4, -0.2) is 19.5 Å². The molecule has 68 valence electrons. The predicted octanol–water partition coefficient (Wildman–Crippen LogP) is 0.737. The SMILES string of the molecule is CCn1c(C)nc2c(N)ncnc21. The number of nitrogens with zero attached hydrogens (tertiary/aromatic N) is 4. The van der Waals surface area contributed by atoms with E-state index in [1.807, 2.05) is 18.4 Å². The summed E-state index contributed by atoms with van der Waals surface area (Å²) in [6.07, 6.45) is 1.46. The third-order valence-electron chi connectivity index (χ3n) is 2.07. The van der Waals surface area contributed by atoms with Crippen LogP contribution in [-0.2, 0) is 6.54 Å². The molecule has 0 fully saturated rings. The molecule has 0 bridgehead atoms. The minimum absolute atomic E-state index is 0.445. The zero-order valence-corrected chi connectivity index (χ0v) is 7.65. The molecule has 5 heteroatoms. The minimum atomic E-state index is 0.445. The molecule has 2 N–H and O–H groups in total. The lowest BCUT2D eigenvalue weighted by Crippen LogP contribution is -1.98. The van der Waals surface area contributed by atoms with Gasteiger partial charge in [-0.25, -0.2) is 15.0 Å². The first-order chi connectivity index (χ1) is 6.24. The second-order valence-corrected chi connectivity index (χ2v) is 2.83. The third kappa shape index (κ3) is 1.04. The van der Waals surface area contributed by atoms with Gasteiger partial charge in [-0.2, -0.15) is 0 Å². The summed E-state index contributed by atoms with van der Waals surface area (Å²) in [5, 5.41) is 0. The number of aromatic nitrogens is 4. The summed E-state index contributed by atoms with van der Waals surface area (Å²) >= 11 is 0. The van der Waals surface area contributed by atoms with E-state index in [-0.39, 0.29) is 0 Å². The first-order valence-corrected chi connectivity index (χ1v) is 4.17. The van der Waals surface area contributed by atoms with Crippen molar-refractivity contribution >= 4 is 17.0 Å². The highest BCUT2D eigenvalue weighted by molar-refractivity contribution is 5.81. The highest BCUT2D eigenvalue weighted by Crippen LogP contribution is 2.16. The molecule has 0 unspecified atom stereocenters. The zero-order chi connectivity index (χ0) is 9.42. The van der Waals surface area contributed by atoms with Gasteiger partial charge in [-0.15, -0.1) is 0 Å². The Morgan fingerprint density at radius 1 is 1.46 bits per heavy atom. The first-order valence-electron chi connectivity index (χ1n) is 4.17. The molecule has 2 aromatic heterocycles. The van der Waals surface area contributed by atoms with Crippen molar-refractivity contribution in [3.63, 3.8) is 0 Å². The molecule has 0 aliphatic heterocycles. The summed E-state index contributed by atoms with van der Waals surface area (Å²) in [4.78, 5) is 12.3. The second-order valence-electron chi connectivity index (χ2n) is 2.83. The molecule has 0 aromatic carbocycles. The van der Waals surface area contributed by atoms with E-state index < -0.39 is 0 Å². The number of hydrogen-bond donors (Lipinski definition) is 1. The number of hydrogen-bond acceptors (Lipinski definition) is 4. The first kappa shape index (κ1) is 7.97. The number of rotatable bonds is 1. The van der Waals surface area contributed by atoms with Crippen molar-refractivity contribution in [2.45, 2.75) is 20.4 Å². The molecule has 2 rings (SSSR count). The molecule has 0 amide bonds. The van der Waals surface area contributed by atoms with E-state index in [1.54, 1.807) is 0 Å². The number of nitrogen functional groups attached to an aromatic ring is 1. The summed E-state index contributed by atoms with van der Waals surface area (Å²) in [6.45, 7) is 4.83. The molecule has 13 heavy (non-hydrogen) atoms.